The van der Waals surface area contributed by atoms with Crippen molar-refractivity contribution in [3.05, 3.63) is 345 Å². The summed E-state index contributed by atoms with van der Waals surface area (Å²) in [7, 11) is 4.25. The van der Waals surface area contributed by atoms with E-state index >= 15 is 0 Å². The monoisotopic (exact) mass is 1530 g/mol. The van der Waals surface area contributed by atoms with E-state index in [1.807, 2.05) is 17.8 Å². The van der Waals surface area contributed by atoms with Crippen molar-refractivity contribution in [2.45, 2.75) is 212 Å². The van der Waals surface area contributed by atoms with Gasteiger partial charge in [0, 0.05) is 70.8 Å². The zero-order chi connectivity index (χ0) is 82.5. The van der Waals surface area contributed by atoms with Crippen LogP contribution in [-0.4, -0.2) is 42.6 Å². The molecule has 3 aliphatic heterocycles. The Labute approximate surface area is 687 Å². The van der Waals surface area contributed by atoms with Crippen LogP contribution in [-0.2, 0) is 36.1 Å². The fourth-order valence-electron chi connectivity index (χ4n) is 19.2. The highest BCUT2D eigenvalue weighted by molar-refractivity contribution is 6.07. The molecule has 0 saturated carbocycles. The number of para-hydroxylation sites is 7. The zero-order valence-electron chi connectivity index (χ0n) is 73.1. The molecular weight excluding hydrogens is 1410 g/mol. The number of furan rings is 1. The number of hydrogen-bond acceptors (Lipinski definition) is 8. The van der Waals surface area contributed by atoms with E-state index in [0.29, 0.717) is 11.8 Å². The Balaban J connectivity index is 0.000000135. The molecule has 0 spiro atoms. The van der Waals surface area contributed by atoms with Crippen LogP contribution in [0.25, 0.3) is 39.1 Å². The summed E-state index contributed by atoms with van der Waals surface area (Å²) < 4.78 is 13.0. The molecule has 3 aliphatic rings. The molecule has 0 saturated heterocycles. The standard InChI is InChI=1S/C31H41N4.C27H28N2O.C25H28N2.C21H26N2/c1-20(2)24-15-13-16-25(21(3)4)29(24)35-19-28(31(7,8)26-17-12-11-14-22(26)5)33(9)30(35)27-18-23(6)32-34(27)10;1-18-10-6-8-12-22(18)28-16-17-29(20(28)3)27(4,5)26-19(2)14-15-24-25(26)21-11-7-9-13-23(21)30-24;1-18-12-6-8-14-21(18)25(4,5)27-20(3)26(22-15-9-7-13-19(22)2)23-16-10-11-17-24(23)27;1-16-10-6-8-12-19(16)21(4,5)23-15-14-22(18(23)3)20-13-9-7-11-17(20)2/h11-21H,1-10H3;6-17,20H,1-5H3;6-17,20H,1-5H3;6-15,18H,1-5H3/q+1;;;/t;2*20-;18-/m.111/s1. The summed E-state index contributed by atoms with van der Waals surface area (Å²) >= 11 is 0. The summed E-state index contributed by atoms with van der Waals surface area (Å²) in [6, 6.07) is 82.4. The summed E-state index contributed by atoms with van der Waals surface area (Å²) in [5.41, 5.74) is 29.7. The largest absolute Gasteiger partial charge is 0.456 e. The lowest BCUT2D eigenvalue weighted by molar-refractivity contribution is -0.584. The number of rotatable bonds is 15. The second-order valence-corrected chi connectivity index (χ2v) is 34.8. The van der Waals surface area contributed by atoms with Crippen LogP contribution >= 0.6 is 0 Å². The molecule has 3 aromatic heterocycles. The van der Waals surface area contributed by atoms with Crippen LogP contribution in [0.4, 0.5) is 28.4 Å². The van der Waals surface area contributed by atoms with E-state index in [4.69, 9.17) is 9.52 Å². The minimum atomic E-state index is -0.219. The number of aromatic nitrogens is 4. The molecule has 11 nitrogen and oxygen atoms in total. The quantitative estimate of drug-likeness (QED) is 0.0941. The van der Waals surface area contributed by atoms with Crippen molar-refractivity contribution in [2.75, 3.05) is 19.6 Å². The van der Waals surface area contributed by atoms with E-state index < -0.39 is 0 Å². The van der Waals surface area contributed by atoms with Gasteiger partial charge in [0.15, 0.2) is 11.4 Å². The fraction of sp³-hybridized carbons (Fsp3) is 0.327. The lowest BCUT2D eigenvalue weighted by atomic mass is 9.79. The molecule has 0 amide bonds. The van der Waals surface area contributed by atoms with Crippen molar-refractivity contribution in [1.29, 1.82) is 0 Å². The fourth-order valence-corrected chi connectivity index (χ4v) is 19.2. The number of aryl methyl sites for hydroxylation is 9. The molecule has 0 fully saturated rings. The second-order valence-electron chi connectivity index (χ2n) is 34.8. The molecule has 3 atom stereocenters. The van der Waals surface area contributed by atoms with Crippen LogP contribution in [0, 0.1) is 55.4 Å². The predicted molar refractivity (Wildman–Crippen MR) is 485 cm³/mol. The molecule has 6 heterocycles. The third-order valence-electron chi connectivity index (χ3n) is 25.0. The Hall–Kier alpha value is -11.3. The number of nitrogens with zero attached hydrogens (tertiary/aromatic N) is 10. The van der Waals surface area contributed by atoms with Crippen LogP contribution < -0.4 is 24.2 Å². The van der Waals surface area contributed by atoms with E-state index in [2.05, 4.69) is 460 Å². The van der Waals surface area contributed by atoms with Crippen molar-refractivity contribution in [2.24, 2.45) is 14.1 Å². The van der Waals surface area contributed by atoms with Gasteiger partial charge in [0.2, 0.25) is 0 Å². The maximum Gasteiger partial charge on any atom is 0.312 e. The Kier molecular flexibility index (Phi) is 23.1. The first-order chi connectivity index (χ1) is 54.7. The van der Waals surface area contributed by atoms with Crippen molar-refractivity contribution < 1.29 is 8.98 Å². The topological polar surface area (TPSA) is 59.2 Å². The van der Waals surface area contributed by atoms with Crippen LogP contribution in [0.3, 0.4) is 0 Å². The summed E-state index contributed by atoms with van der Waals surface area (Å²) in [4.78, 5) is 14.7. The third-order valence-corrected chi connectivity index (χ3v) is 25.0. The minimum Gasteiger partial charge on any atom is -0.456 e. The van der Waals surface area contributed by atoms with E-state index in [-0.39, 0.29) is 40.5 Å². The molecule has 0 aliphatic carbocycles. The molecule has 115 heavy (non-hydrogen) atoms. The lowest BCUT2D eigenvalue weighted by Gasteiger charge is -2.43. The first-order valence-electron chi connectivity index (χ1n) is 41.4. The van der Waals surface area contributed by atoms with E-state index in [9.17, 15) is 0 Å². The summed E-state index contributed by atoms with van der Waals surface area (Å²) in [6.07, 6.45) is 11.9. The Morgan fingerprint density at radius 3 is 1.32 bits per heavy atom. The van der Waals surface area contributed by atoms with Gasteiger partial charge in [0.05, 0.1) is 46.1 Å². The molecule has 0 bridgehead atoms. The number of imidazole rings is 1. The number of benzene rings is 10. The normalized spacial score (nSPS) is 15.6. The van der Waals surface area contributed by atoms with Gasteiger partial charge in [-0.15, -0.1) is 0 Å². The van der Waals surface area contributed by atoms with Crippen LogP contribution in [0.5, 0.6) is 0 Å². The smallest absolute Gasteiger partial charge is 0.312 e. The lowest BCUT2D eigenvalue weighted by Crippen LogP contribution is -2.49. The van der Waals surface area contributed by atoms with Crippen LogP contribution in [0.1, 0.15) is 199 Å². The highest BCUT2D eigenvalue weighted by Gasteiger charge is 2.45. The molecule has 16 rings (SSSR count). The van der Waals surface area contributed by atoms with Gasteiger partial charge in [0.1, 0.15) is 41.5 Å². The molecule has 0 N–H and O–H groups in total. The molecule has 594 valence electrons. The van der Waals surface area contributed by atoms with Crippen molar-refractivity contribution in [3.63, 3.8) is 0 Å². The van der Waals surface area contributed by atoms with Gasteiger partial charge in [-0.25, -0.2) is 4.57 Å². The van der Waals surface area contributed by atoms with E-state index in [1.165, 1.54) is 123 Å². The van der Waals surface area contributed by atoms with Gasteiger partial charge in [-0.05, 0) is 253 Å². The maximum absolute atomic E-state index is 6.19. The van der Waals surface area contributed by atoms with Crippen LogP contribution in [0.15, 0.2) is 266 Å². The van der Waals surface area contributed by atoms with Crippen LogP contribution in [0.2, 0.25) is 0 Å². The molecule has 11 heteroatoms. The molecule has 10 aromatic carbocycles. The van der Waals surface area contributed by atoms with Crippen molar-refractivity contribution in [3.8, 4) is 17.2 Å². The summed E-state index contributed by atoms with van der Waals surface area (Å²) in [6.45, 7) is 52.0. The van der Waals surface area contributed by atoms with Gasteiger partial charge >= 0.3 is 5.82 Å². The van der Waals surface area contributed by atoms with Crippen molar-refractivity contribution in [1.82, 2.24) is 24.1 Å². The second kappa shape index (κ2) is 32.5. The van der Waals surface area contributed by atoms with Gasteiger partial charge in [-0.2, -0.15) is 9.67 Å². The highest BCUT2D eigenvalue weighted by atomic mass is 16.3. The van der Waals surface area contributed by atoms with E-state index in [0.717, 1.165) is 28.4 Å². The Morgan fingerprint density at radius 1 is 0.400 bits per heavy atom. The average molecular weight is 1530 g/mol. The first-order valence-corrected chi connectivity index (χ1v) is 41.4. The summed E-state index contributed by atoms with van der Waals surface area (Å²) in [5.74, 6) is 1.97. The zero-order valence-corrected chi connectivity index (χ0v) is 73.1. The summed E-state index contributed by atoms with van der Waals surface area (Å²) in [5, 5.41) is 7.13. The van der Waals surface area contributed by atoms with Gasteiger partial charge in [0.25, 0.3) is 0 Å². The molecular formula is C104H123N10O+. The number of anilines is 5. The molecule has 0 unspecified atom stereocenters. The minimum absolute atomic E-state index is 0.0569. The Morgan fingerprint density at radius 2 is 0.835 bits per heavy atom. The van der Waals surface area contributed by atoms with Gasteiger partial charge < -0.3 is 33.8 Å². The van der Waals surface area contributed by atoms with Gasteiger partial charge in [-0.3, -0.25) is 4.68 Å². The third kappa shape index (κ3) is 15.2. The van der Waals surface area contributed by atoms with Gasteiger partial charge in [-0.1, -0.05) is 210 Å². The van der Waals surface area contributed by atoms with Crippen molar-refractivity contribution >= 4 is 50.4 Å². The highest BCUT2D eigenvalue weighted by Crippen LogP contribution is 2.51. The average Bonchev–Trinajstić information content (AvgIpc) is 1.53. The maximum atomic E-state index is 6.19. The first kappa shape index (κ1) is 81.7. The SMILES string of the molecule is Cc1cc(-c2n(C)c(C(C)(C)c3ccccc3C)c[n+]2-c2c(C(C)C)cccc2C(C)C)n(C)n1.Cc1ccccc1N1C=CN(C(C)(C)c2c(C)ccc3oc4ccccc4c23)[C@@H]1C.Cc1ccccc1N1C=CN(C(C)(C)c2ccccc2C)[C@@H]1C.Cc1ccccc1N1c2ccccc2N(C(C)(C)c2ccccc2C)[C@@H]1C. The Bertz CT molecular complexity index is 5710. The van der Waals surface area contributed by atoms with E-state index in [1.54, 1.807) is 0 Å². The number of hydrogen-bond donors (Lipinski definition) is 0. The molecule has 13 aromatic rings. The number of fused-ring (bicyclic) bond motifs is 4. The molecule has 0 radical (unpaired) electrons. The predicted octanol–water partition coefficient (Wildman–Crippen LogP) is 25.7.